The summed E-state index contributed by atoms with van der Waals surface area (Å²) in [6.07, 6.45) is 3.77. The lowest BCUT2D eigenvalue weighted by Gasteiger charge is -2.28. The molecule has 1 fully saturated rings. The van der Waals surface area contributed by atoms with Gasteiger partial charge in [0.1, 0.15) is 0 Å². The molecule has 1 N–H and O–H groups in total. The van der Waals surface area contributed by atoms with Crippen LogP contribution in [0.4, 0.5) is 0 Å². The second-order valence-electron chi connectivity index (χ2n) is 5.68. The Balaban J connectivity index is 2.04. The normalized spacial score (nSPS) is 23.4. The molecule has 3 nitrogen and oxygen atoms in total. The summed E-state index contributed by atoms with van der Waals surface area (Å²) in [5.41, 5.74) is 2.59. The lowest BCUT2D eigenvalue weighted by atomic mass is 10.0. The Morgan fingerprint density at radius 2 is 1.95 bits per heavy atom. The van der Waals surface area contributed by atoms with Gasteiger partial charge >= 0.3 is 0 Å². The van der Waals surface area contributed by atoms with E-state index in [0.29, 0.717) is 5.75 Å². The van der Waals surface area contributed by atoms with Gasteiger partial charge in [-0.05, 0) is 36.8 Å². The molecule has 1 saturated heterocycles. The van der Waals surface area contributed by atoms with Crippen LogP contribution in [0.5, 0.6) is 0 Å². The van der Waals surface area contributed by atoms with Crippen LogP contribution in [0.25, 0.3) is 0 Å². The monoisotopic (exact) mass is 295 g/mol. The number of rotatable bonds is 5. The van der Waals surface area contributed by atoms with Crippen molar-refractivity contribution in [2.24, 2.45) is 0 Å². The van der Waals surface area contributed by atoms with Crippen LogP contribution in [0.1, 0.15) is 50.3 Å². The third kappa shape index (κ3) is 4.06. The molecular formula is C16H25NO2S. The van der Waals surface area contributed by atoms with Gasteiger partial charge in [-0.3, -0.25) is 0 Å². The van der Waals surface area contributed by atoms with E-state index < -0.39 is 9.84 Å². The van der Waals surface area contributed by atoms with Gasteiger partial charge in [0.25, 0.3) is 0 Å². The second kappa shape index (κ2) is 6.72. The summed E-state index contributed by atoms with van der Waals surface area (Å²) in [4.78, 5) is 0. The first kappa shape index (κ1) is 15.5. The molecule has 1 aromatic rings. The van der Waals surface area contributed by atoms with Crippen LogP contribution in [0.3, 0.4) is 0 Å². The first-order valence-corrected chi connectivity index (χ1v) is 9.41. The number of benzene rings is 1. The average Bonchev–Trinajstić information content (AvgIpc) is 2.44. The lowest BCUT2D eigenvalue weighted by molar-refractivity contribution is 0.413. The summed E-state index contributed by atoms with van der Waals surface area (Å²) in [5.74, 6) is 0.643. The lowest BCUT2D eigenvalue weighted by Crippen LogP contribution is -2.41. The van der Waals surface area contributed by atoms with Gasteiger partial charge in [0.05, 0.1) is 11.5 Å². The molecule has 0 spiro atoms. The molecule has 0 saturated carbocycles. The fourth-order valence-corrected chi connectivity index (χ4v) is 4.52. The van der Waals surface area contributed by atoms with Crippen LogP contribution >= 0.6 is 0 Å². The van der Waals surface area contributed by atoms with E-state index in [9.17, 15) is 8.42 Å². The second-order valence-corrected chi connectivity index (χ2v) is 7.90. The molecule has 4 heteroatoms. The highest BCUT2D eigenvalue weighted by Crippen LogP contribution is 2.21. The standard InChI is InChI=1S/C16H25NO2S/c1-3-13-7-9-14(10-8-13)16(4-2)17-15-6-5-11-20(18,19)12-15/h7-10,15-17H,3-6,11-12H2,1-2H3. The predicted octanol–water partition coefficient (Wildman–Crippen LogP) is 2.87. The zero-order valence-electron chi connectivity index (χ0n) is 12.4. The molecule has 0 aromatic heterocycles. The maximum absolute atomic E-state index is 11.7. The van der Waals surface area contributed by atoms with E-state index in [0.717, 1.165) is 25.7 Å². The van der Waals surface area contributed by atoms with Crippen molar-refractivity contribution in [3.05, 3.63) is 35.4 Å². The minimum Gasteiger partial charge on any atom is -0.306 e. The Bertz CT molecular complexity index is 522. The summed E-state index contributed by atoms with van der Waals surface area (Å²) in [5, 5.41) is 3.54. The molecule has 0 radical (unpaired) electrons. The van der Waals surface area contributed by atoms with Crippen LogP contribution in [-0.2, 0) is 16.3 Å². The highest BCUT2D eigenvalue weighted by molar-refractivity contribution is 7.91. The third-order valence-corrected chi connectivity index (χ3v) is 5.92. The summed E-state index contributed by atoms with van der Waals surface area (Å²) in [6.45, 7) is 4.29. The van der Waals surface area contributed by atoms with Crippen molar-refractivity contribution in [2.75, 3.05) is 11.5 Å². The zero-order chi connectivity index (χ0) is 14.6. The van der Waals surface area contributed by atoms with Crippen molar-refractivity contribution >= 4 is 9.84 Å². The molecule has 20 heavy (non-hydrogen) atoms. The van der Waals surface area contributed by atoms with E-state index in [1.54, 1.807) is 0 Å². The van der Waals surface area contributed by atoms with Gasteiger partial charge in [-0.2, -0.15) is 0 Å². The number of aryl methyl sites for hydroxylation is 1. The Hall–Kier alpha value is -0.870. The van der Waals surface area contributed by atoms with Crippen molar-refractivity contribution in [1.29, 1.82) is 0 Å². The quantitative estimate of drug-likeness (QED) is 0.908. The number of nitrogens with one attached hydrogen (secondary N) is 1. The van der Waals surface area contributed by atoms with E-state index in [-0.39, 0.29) is 17.8 Å². The van der Waals surface area contributed by atoms with E-state index >= 15 is 0 Å². The van der Waals surface area contributed by atoms with E-state index in [4.69, 9.17) is 0 Å². The Morgan fingerprint density at radius 1 is 1.25 bits per heavy atom. The minimum absolute atomic E-state index is 0.101. The first-order valence-electron chi connectivity index (χ1n) is 7.59. The molecule has 2 rings (SSSR count). The minimum atomic E-state index is -2.84. The maximum atomic E-state index is 11.7. The van der Waals surface area contributed by atoms with Crippen LogP contribution in [0, 0.1) is 0 Å². The van der Waals surface area contributed by atoms with Crippen LogP contribution in [0.2, 0.25) is 0 Å². The van der Waals surface area contributed by atoms with Gasteiger partial charge in [-0.25, -0.2) is 8.42 Å². The Labute approximate surface area is 122 Å². The van der Waals surface area contributed by atoms with E-state index in [2.05, 4.69) is 43.4 Å². The Kier molecular flexibility index (Phi) is 5.22. The molecule has 1 aliphatic heterocycles. The number of hydrogen-bond donors (Lipinski definition) is 1. The van der Waals surface area contributed by atoms with E-state index in [1.165, 1.54) is 11.1 Å². The summed E-state index contributed by atoms with van der Waals surface area (Å²) >= 11 is 0. The Morgan fingerprint density at radius 3 is 2.50 bits per heavy atom. The van der Waals surface area contributed by atoms with Gasteiger partial charge in [0.2, 0.25) is 0 Å². The van der Waals surface area contributed by atoms with Crippen molar-refractivity contribution < 1.29 is 8.42 Å². The summed E-state index contributed by atoms with van der Waals surface area (Å²) in [6, 6.07) is 9.01. The maximum Gasteiger partial charge on any atom is 0.151 e. The molecule has 1 aromatic carbocycles. The van der Waals surface area contributed by atoms with E-state index in [1.807, 2.05) is 0 Å². The molecule has 2 unspecified atom stereocenters. The molecule has 1 aliphatic rings. The molecule has 0 bridgehead atoms. The highest BCUT2D eigenvalue weighted by Gasteiger charge is 2.26. The van der Waals surface area contributed by atoms with Crippen molar-refractivity contribution in [3.63, 3.8) is 0 Å². The largest absolute Gasteiger partial charge is 0.306 e. The smallest absolute Gasteiger partial charge is 0.151 e. The third-order valence-electron chi connectivity index (χ3n) is 4.10. The number of sulfone groups is 1. The van der Waals surface area contributed by atoms with Crippen molar-refractivity contribution in [3.8, 4) is 0 Å². The van der Waals surface area contributed by atoms with Crippen LogP contribution in [0.15, 0.2) is 24.3 Å². The van der Waals surface area contributed by atoms with Crippen LogP contribution in [-0.4, -0.2) is 26.0 Å². The fourth-order valence-electron chi connectivity index (χ4n) is 2.87. The van der Waals surface area contributed by atoms with Gasteiger partial charge in [0, 0.05) is 12.1 Å². The summed E-state index contributed by atoms with van der Waals surface area (Å²) < 4.78 is 23.4. The molecule has 1 heterocycles. The van der Waals surface area contributed by atoms with Crippen molar-refractivity contribution in [1.82, 2.24) is 5.32 Å². The molecule has 0 amide bonds. The average molecular weight is 295 g/mol. The molecule has 0 aliphatic carbocycles. The van der Waals surface area contributed by atoms with Crippen molar-refractivity contribution in [2.45, 2.75) is 51.6 Å². The van der Waals surface area contributed by atoms with Gasteiger partial charge in [-0.1, -0.05) is 38.1 Å². The van der Waals surface area contributed by atoms with Crippen LogP contribution < -0.4 is 5.32 Å². The van der Waals surface area contributed by atoms with Gasteiger partial charge in [-0.15, -0.1) is 0 Å². The van der Waals surface area contributed by atoms with Gasteiger partial charge in [0.15, 0.2) is 9.84 Å². The first-order chi connectivity index (χ1) is 9.54. The SMILES string of the molecule is CCc1ccc(C(CC)NC2CCCS(=O)(=O)C2)cc1. The zero-order valence-corrected chi connectivity index (χ0v) is 13.2. The topological polar surface area (TPSA) is 46.2 Å². The molecular weight excluding hydrogens is 270 g/mol. The molecule has 112 valence electrons. The van der Waals surface area contributed by atoms with Gasteiger partial charge < -0.3 is 5.32 Å². The molecule has 2 atom stereocenters. The fraction of sp³-hybridized carbons (Fsp3) is 0.625. The number of hydrogen-bond acceptors (Lipinski definition) is 3. The predicted molar refractivity (Wildman–Crippen MR) is 83.7 cm³/mol. The summed E-state index contributed by atoms with van der Waals surface area (Å²) in [7, 11) is -2.84. The highest BCUT2D eigenvalue weighted by atomic mass is 32.2.